The average molecular weight is 264 g/mol. The van der Waals surface area contributed by atoms with Crippen LogP contribution in [0.25, 0.3) is 11.3 Å². The summed E-state index contributed by atoms with van der Waals surface area (Å²) in [6, 6.07) is 1.91. The summed E-state index contributed by atoms with van der Waals surface area (Å²) >= 11 is 5.98. The molecule has 0 fully saturated rings. The molecule has 0 amide bonds. The van der Waals surface area contributed by atoms with Crippen LogP contribution in [0.3, 0.4) is 0 Å². The normalized spacial score (nSPS) is 10.4. The third-order valence-electron chi connectivity index (χ3n) is 2.48. The van der Waals surface area contributed by atoms with Crippen LogP contribution in [0, 0.1) is 6.92 Å². The fraction of sp³-hybridized carbons (Fsp3) is 0.308. The van der Waals surface area contributed by atoms with Gasteiger partial charge in [-0.05, 0) is 19.4 Å². The molecule has 0 atom stereocenters. The fourth-order valence-electron chi connectivity index (χ4n) is 1.57. The van der Waals surface area contributed by atoms with E-state index in [1.165, 1.54) is 6.33 Å². The van der Waals surface area contributed by atoms with E-state index in [9.17, 15) is 0 Å². The van der Waals surface area contributed by atoms with E-state index in [-0.39, 0.29) is 0 Å². The summed E-state index contributed by atoms with van der Waals surface area (Å²) in [5, 5.41) is 0.458. The van der Waals surface area contributed by atoms with Crippen molar-refractivity contribution in [1.82, 2.24) is 15.0 Å². The minimum Gasteiger partial charge on any atom is -0.492 e. The molecule has 0 unspecified atom stereocenters. The summed E-state index contributed by atoms with van der Waals surface area (Å²) in [4.78, 5) is 12.3. The summed E-state index contributed by atoms with van der Waals surface area (Å²) < 4.78 is 5.55. The van der Waals surface area contributed by atoms with Crippen molar-refractivity contribution in [2.24, 2.45) is 0 Å². The van der Waals surface area contributed by atoms with Gasteiger partial charge in [-0.3, -0.25) is 4.98 Å². The number of pyridine rings is 1. The second kappa shape index (κ2) is 5.78. The topological polar surface area (TPSA) is 47.9 Å². The van der Waals surface area contributed by atoms with Gasteiger partial charge in [0.15, 0.2) is 0 Å². The van der Waals surface area contributed by atoms with Crippen LogP contribution < -0.4 is 4.74 Å². The highest BCUT2D eigenvalue weighted by atomic mass is 35.5. The molecule has 0 radical (unpaired) electrons. The van der Waals surface area contributed by atoms with Gasteiger partial charge in [-0.1, -0.05) is 18.5 Å². The van der Waals surface area contributed by atoms with E-state index in [0.717, 1.165) is 29.0 Å². The summed E-state index contributed by atoms with van der Waals surface area (Å²) in [5.41, 5.74) is 2.50. The van der Waals surface area contributed by atoms with Crippen LogP contribution in [0.15, 0.2) is 24.8 Å². The van der Waals surface area contributed by atoms with E-state index in [2.05, 4.69) is 21.9 Å². The second-order valence-electron chi connectivity index (χ2n) is 3.90. The lowest BCUT2D eigenvalue weighted by molar-refractivity contribution is 0.316. The Labute approximate surface area is 111 Å². The van der Waals surface area contributed by atoms with Crippen molar-refractivity contribution in [2.45, 2.75) is 20.3 Å². The molecule has 0 aliphatic heterocycles. The molecular formula is C13H14ClN3O. The third-order valence-corrected chi connectivity index (χ3v) is 2.86. The number of halogens is 1. The predicted molar refractivity (Wildman–Crippen MR) is 70.8 cm³/mol. The Morgan fingerprint density at radius 2 is 2.11 bits per heavy atom. The molecule has 4 nitrogen and oxygen atoms in total. The maximum Gasteiger partial charge on any atom is 0.138 e. The van der Waals surface area contributed by atoms with Crippen LogP contribution in [0.2, 0.25) is 5.15 Å². The van der Waals surface area contributed by atoms with E-state index < -0.39 is 0 Å². The highest BCUT2D eigenvalue weighted by Crippen LogP contribution is 2.26. The number of aromatic nitrogens is 3. The molecule has 0 saturated carbocycles. The third kappa shape index (κ3) is 2.76. The van der Waals surface area contributed by atoms with E-state index in [1.54, 1.807) is 12.4 Å². The van der Waals surface area contributed by atoms with Crippen molar-refractivity contribution in [1.29, 1.82) is 0 Å². The molecule has 5 heteroatoms. The van der Waals surface area contributed by atoms with E-state index in [4.69, 9.17) is 16.3 Å². The Morgan fingerprint density at radius 1 is 1.28 bits per heavy atom. The highest BCUT2D eigenvalue weighted by Gasteiger charge is 2.08. The van der Waals surface area contributed by atoms with Gasteiger partial charge >= 0.3 is 0 Å². The monoisotopic (exact) mass is 263 g/mol. The zero-order valence-corrected chi connectivity index (χ0v) is 11.1. The minimum absolute atomic E-state index is 0.458. The highest BCUT2D eigenvalue weighted by molar-refractivity contribution is 6.30. The zero-order chi connectivity index (χ0) is 13.0. The number of nitrogens with zero attached hydrogens (tertiary/aromatic N) is 3. The first-order valence-corrected chi connectivity index (χ1v) is 6.15. The Kier molecular flexibility index (Phi) is 4.10. The molecule has 2 heterocycles. The molecule has 0 N–H and O–H groups in total. The van der Waals surface area contributed by atoms with Crippen molar-refractivity contribution < 1.29 is 4.74 Å². The summed E-state index contributed by atoms with van der Waals surface area (Å²) in [6.07, 6.45) is 5.84. The van der Waals surface area contributed by atoms with Gasteiger partial charge in [0, 0.05) is 17.3 Å². The van der Waals surface area contributed by atoms with Crippen molar-refractivity contribution in [3.8, 4) is 17.0 Å². The van der Waals surface area contributed by atoms with Crippen LogP contribution in [0.4, 0.5) is 0 Å². The van der Waals surface area contributed by atoms with E-state index in [1.807, 2.05) is 13.0 Å². The van der Waals surface area contributed by atoms with Gasteiger partial charge in [0.05, 0.1) is 18.5 Å². The smallest absolute Gasteiger partial charge is 0.138 e. The van der Waals surface area contributed by atoms with Crippen LogP contribution in [-0.4, -0.2) is 21.6 Å². The number of rotatable bonds is 4. The van der Waals surface area contributed by atoms with Crippen molar-refractivity contribution in [3.05, 3.63) is 35.5 Å². The van der Waals surface area contributed by atoms with Crippen LogP contribution in [-0.2, 0) is 0 Å². The first-order valence-electron chi connectivity index (χ1n) is 5.77. The summed E-state index contributed by atoms with van der Waals surface area (Å²) in [7, 11) is 0. The Morgan fingerprint density at radius 3 is 2.89 bits per heavy atom. The molecule has 18 heavy (non-hydrogen) atoms. The first kappa shape index (κ1) is 12.8. The lowest BCUT2D eigenvalue weighted by Crippen LogP contribution is -1.97. The SMILES string of the molecule is CCCOc1cncc(-c2ncnc(Cl)c2C)c1. The molecular weight excluding hydrogens is 250 g/mol. The number of hydrogen-bond donors (Lipinski definition) is 0. The molecule has 0 spiro atoms. The molecule has 0 aliphatic carbocycles. The largest absolute Gasteiger partial charge is 0.492 e. The van der Waals surface area contributed by atoms with Gasteiger partial charge in [-0.25, -0.2) is 9.97 Å². The van der Waals surface area contributed by atoms with Crippen LogP contribution in [0.1, 0.15) is 18.9 Å². The van der Waals surface area contributed by atoms with Gasteiger partial charge in [-0.2, -0.15) is 0 Å². The molecule has 94 valence electrons. The number of ether oxygens (including phenoxy) is 1. The lowest BCUT2D eigenvalue weighted by atomic mass is 10.1. The Bertz CT molecular complexity index is 546. The van der Waals surface area contributed by atoms with Crippen molar-refractivity contribution >= 4 is 11.6 Å². The molecule has 2 rings (SSSR count). The quantitative estimate of drug-likeness (QED) is 0.794. The minimum atomic E-state index is 0.458. The molecule has 0 aliphatic rings. The van der Waals surface area contributed by atoms with Gasteiger partial charge in [0.25, 0.3) is 0 Å². The van der Waals surface area contributed by atoms with Gasteiger partial charge < -0.3 is 4.74 Å². The first-order chi connectivity index (χ1) is 8.72. The van der Waals surface area contributed by atoms with Gasteiger partial charge in [0.1, 0.15) is 17.2 Å². The van der Waals surface area contributed by atoms with Gasteiger partial charge in [-0.15, -0.1) is 0 Å². The van der Waals surface area contributed by atoms with Crippen molar-refractivity contribution in [3.63, 3.8) is 0 Å². The van der Waals surface area contributed by atoms with E-state index >= 15 is 0 Å². The zero-order valence-electron chi connectivity index (χ0n) is 10.4. The van der Waals surface area contributed by atoms with Gasteiger partial charge in [0.2, 0.25) is 0 Å². The Balaban J connectivity index is 2.35. The fourth-order valence-corrected chi connectivity index (χ4v) is 1.70. The maximum absolute atomic E-state index is 5.98. The lowest BCUT2D eigenvalue weighted by Gasteiger charge is -2.08. The van der Waals surface area contributed by atoms with Crippen LogP contribution >= 0.6 is 11.6 Å². The molecule has 0 aromatic carbocycles. The molecule has 0 bridgehead atoms. The maximum atomic E-state index is 5.98. The average Bonchev–Trinajstić information content (AvgIpc) is 2.40. The predicted octanol–water partition coefficient (Wildman–Crippen LogP) is 3.29. The molecule has 0 saturated heterocycles. The second-order valence-corrected chi connectivity index (χ2v) is 4.25. The molecule has 2 aromatic heterocycles. The van der Waals surface area contributed by atoms with Crippen molar-refractivity contribution in [2.75, 3.05) is 6.61 Å². The van der Waals surface area contributed by atoms with Crippen LogP contribution in [0.5, 0.6) is 5.75 Å². The summed E-state index contributed by atoms with van der Waals surface area (Å²) in [5.74, 6) is 0.739. The standard InChI is InChI=1S/C13H14ClN3O/c1-3-4-18-11-5-10(6-15-7-11)12-9(2)13(14)17-8-16-12/h5-8H,3-4H2,1-2H3. The van der Waals surface area contributed by atoms with E-state index in [0.29, 0.717) is 11.8 Å². The molecule has 2 aromatic rings. The summed E-state index contributed by atoms with van der Waals surface area (Å²) in [6.45, 7) is 4.62. The Hall–Kier alpha value is -1.68. The number of hydrogen-bond acceptors (Lipinski definition) is 4.